The molecule has 1 heterocycles. The van der Waals surface area contributed by atoms with Gasteiger partial charge in [0, 0.05) is 6.04 Å². The minimum absolute atomic E-state index is 0.418. The summed E-state index contributed by atoms with van der Waals surface area (Å²) in [5.74, 6) is 1.37. The maximum Gasteiger partial charge on any atom is 0.239 e. The molecule has 0 bridgehead atoms. The van der Waals surface area contributed by atoms with Crippen LogP contribution in [0.15, 0.2) is 12.1 Å². The number of rotatable bonds is 9. The molecule has 4 heteroatoms. The summed E-state index contributed by atoms with van der Waals surface area (Å²) in [6, 6.07) is 4.17. The maximum atomic E-state index is 5.84. The van der Waals surface area contributed by atoms with Crippen molar-refractivity contribution in [1.29, 1.82) is 0 Å². The summed E-state index contributed by atoms with van der Waals surface area (Å²) in [5, 5.41) is 3.40. The lowest BCUT2D eigenvalue weighted by Crippen LogP contribution is -2.16. The topological polar surface area (TPSA) is 60.2 Å². The molecule has 108 valence electrons. The Morgan fingerprint density at radius 1 is 1.26 bits per heavy atom. The molecule has 0 aliphatic carbocycles. The van der Waals surface area contributed by atoms with Gasteiger partial charge < -0.3 is 15.8 Å². The monoisotopic (exact) mass is 265 g/mol. The van der Waals surface area contributed by atoms with E-state index >= 15 is 0 Å². The summed E-state index contributed by atoms with van der Waals surface area (Å²) in [7, 11) is 0. The Labute approximate surface area is 116 Å². The van der Waals surface area contributed by atoms with Crippen molar-refractivity contribution >= 4 is 11.5 Å². The molecule has 0 saturated heterocycles. The van der Waals surface area contributed by atoms with Crippen molar-refractivity contribution in [3.63, 3.8) is 0 Å². The van der Waals surface area contributed by atoms with Crippen LogP contribution in [0.1, 0.15) is 52.9 Å². The van der Waals surface area contributed by atoms with Crippen molar-refractivity contribution in [2.75, 3.05) is 17.7 Å². The number of nitrogen functional groups attached to an aromatic ring is 1. The first-order valence-electron chi connectivity index (χ1n) is 7.33. The van der Waals surface area contributed by atoms with Gasteiger partial charge in [0.2, 0.25) is 5.88 Å². The Balaban J connectivity index is 2.53. The van der Waals surface area contributed by atoms with E-state index in [9.17, 15) is 0 Å². The van der Waals surface area contributed by atoms with E-state index in [1.807, 2.05) is 12.1 Å². The largest absolute Gasteiger partial charge is 0.476 e. The van der Waals surface area contributed by atoms with E-state index in [1.54, 1.807) is 0 Å². The molecule has 0 radical (unpaired) electrons. The fourth-order valence-electron chi connectivity index (χ4n) is 1.87. The first kappa shape index (κ1) is 15.6. The molecule has 0 fully saturated rings. The van der Waals surface area contributed by atoms with Gasteiger partial charge in [-0.15, -0.1) is 0 Å². The smallest absolute Gasteiger partial charge is 0.239 e. The second-order valence-corrected chi connectivity index (χ2v) is 4.98. The Morgan fingerprint density at radius 3 is 2.74 bits per heavy atom. The molecular formula is C15H27N3O. The molecule has 1 aromatic rings. The number of nitrogens with zero attached hydrogens (tertiary/aromatic N) is 1. The minimum Gasteiger partial charge on any atom is -0.476 e. The number of unbranched alkanes of at least 4 members (excludes halogenated alkanes) is 2. The highest BCUT2D eigenvalue weighted by atomic mass is 16.5. The summed E-state index contributed by atoms with van der Waals surface area (Å²) in [4.78, 5) is 4.42. The highest BCUT2D eigenvalue weighted by Gasteiger charge is 2.07. The van der Waals surface area contributed by atoms with Crippen molar-refractivity contribution in [3.05, 3.63) is 12.1 Å². The number of nitrogens with one attached hydrogen (secondary N) is 1. The molecule has 0 saturated carbocycles. The normalized spacial score (nSPS) is 12.2. The zero-order valence-electron chi connectivity index (χ0n) is 12.4. The van der Waals surface area contributed by atoms with Crippen molar-refractivity contribution in [3.8, 4) is 5.88 Å². The second-order valence-electron chi connectivity index (χ2n) is 4.98. The van der Waals surface area contributed by atoms with Gasteiger partial charge in [0.05, 0.1) is 12.3 Å². The van der Waals surface area contributed by atoms with E-state index < -0.39 is 0 Å². The lowest BCUT2D eigenvalue weighted by atomic mass is 10.1. The van der Waals surface area contributed by atoms with E-state index in [-0.39, 0.29) is 0 Å². The first-order valence-corrected chi connectivity index (χ1v) is 7.33. The molecule has 1 unspecified atom stereocenters. The molecular weight excluding hydrogens is 238 g/mol. The fourth-order valence-corrected chi connectivity index (χ4v) is 1.87. The molecule has 0 aliphatic rings. The lowest BCUT2D eigenvalue weighted by Gasteiger charge is -2.15. The third-order valence-electron chi connectivity index (χ3n) is 2.97. The van der Waals surface area contributed by atoms with Crippen LogP contribution in [-0.4, -0.2) is 17.6 Å². The molecule has 1 atom stereocenters. The molecule has 0 amide bonds. The van der Waals surface area contributed by atoms with Crippen LogP contribution in [-0.2, 0) is 0 Å². The van der Waals surface area contributed by atoms with Crippen LogP contribution in [0.5, 0.6) is 5.88 Å². The van der Waals surface area contributed by atoms with Gasteiger partial charge in [-0.25, -0.2) is 0 Å². The predicted octanol–water partition coefficient (Wildman–Crippen LogP) is 3.83. The Bertz CT molecular complexity index is 368. The van der Waals surface area contributed by atoms with Crippen LogP contribution in [0, 0.1) is 0 Å². The molecule has 19 heavy (non-hydrogen) atoms. The van der Waals surface area contributed by atoms with E-state index in [4.69, 9.17) is 10.5 Å². The number of pyridine rings is 1. The van der Waals surface area contributed by atoms with E-state index in [1.165, 1.54) is 19.3 Å². The van der Waals surface area contributed by atoms with E-state index in [0.717, 1.165) is 18.7 Å². The highest BCUT2D eigenvalue weighted by molar-refractivity contribution is 5.53. The van der Waals surface area contributed by atoms with Gasteiger partial charge >= 0.3 is 0 Å². The molecule has 3 N–H and O–H groups in total. The van der Waals surface area contributed by atoms with E-state index in [2.05, 4.69) is 31.1 Å². The number of aromatic nitrogens is 1. The first-order chi connectivity index (χ1) is 9.17. The van der Waals surface area contributed by atoms with Crippen LogP contribution < -0.4 is 15.8 Å². The average Bonchev–Trinajstić information content (AvgIpc) is 2.39. The zero-order valence-corrected chi connectivity index (χ0v) is 12.4. The predicted molar refractivity (Wildman–Crippen MR) is 81.7 cm³/mol. The van der Waals surface area contributed by atoms with Gasteiger partial charge in [-0.05, 0) is 31.9 Å². The molecule has 0 spiro atoms. The second kappa shape index (κ2) is 8.62. The number of hydrogen-bond donors (Lipinski definition) is 2. The van der Waals surface area contributed by atoms with Crippen LogP contribution >= 0.6 is 0 Å². The zero-order chi connectivity index (χ0) is 14.1. The van der Waals surface area contributed by atoms with Gasteiger partial charge in [0.15, 0.2) is 0 Å². The molecule has 0 aromatic carbocycles. The highest BCUT2D eigenvalue weighted by Crippen LogP contribution is 2.21. The van der Waals surface area contributed by atoms with Crippen molar-refractivity contribution in [2.45, 2.75) is 58.9 Å². The number of anilines is 2. The van der Waals surface area contributed by atoms with Crippen LogP contribution in [0.2, 0.25) is 0 Å². The molecule has 1 aromatic heterocycles. The minimum atomic E-state index is 0.418. The number of ether oxygens (including phenoxy) is 1. The van der Waals surface area contributed by atoms with Gasteiger partial charge in [0.1, 0.15) is 5.82 Å². The van der Waals surface area contributed by atoms with E-state index in [0.29, 0.717) is 24.2 Å². The Hall–Kier alpha value is -1.45. The van der Waals surface area contributed by atoms with Crippen LogP contribution in [0.4, 0.5) is 11.5 Å². The average molecular weight is 265 g/mol. The maximum absolute atomic E-state index is 5.84. The third kappa shape index (κ3) is 5.81. The summed E-state index contributed by atoms with van der Waals surface area (Å²) in [6.07, 6.45) is 5.89. The standard InChI is InChI=1S/C15H27N3O/c1-4-6-7-8-12(3)17-14-10-9-13(16)15(18-14)19-11-5-2/h9-10,12H,4-8,11,16H2,1-3H3,(H,17,18). The van der Waals surface area contributed by atoms with Gasteiger partial charge in [-0.2, -0.15) is 4.98 Å². The van der Waals surface area contributed by atoms with Gasteiger partial charge in [0.25, 0.3) is 0 Å². The van der Waals surface area contributed by atoms with Crippen molar-refractivity contribution in [2.24, 2.45) is 0 Å². The quantitative estimate of drug-likeness (QED) is 0.666. The lowest BCUT2D eigenvalue weighted by molar-refractivity contribution is 0.307. The van der Waals surface area contributed by atoms with Crippen molar-refractivity contribution in [1.82, 2.24) is 4.98 Å². The number of hydrogen-bond acceptors (Lipinski definition) is 4. The Kier molecular flexibility index (Phi) is 7.08. The van der Waals surface area contributed by atoms with Crippen LogP contribution in [0.3, 0.4) is 0 Å². The SMILES string of the molecule is CCCCCC(C)Nc1ccc(N)c(OCCC)n1. The Morgan fingerprint density at radius 2 is 2.05 bits per heavy atom. The van der Waals surface area contributed by atoms with Gasteiger partial charge in [-0.1, -0.05) is 33.1 Å². The third-order valence-corrected chi connectivity index (χ3v) is 2.97. The molecule has 0 aliphatic heterocycles. The number of nitrogens with two attached hydrogens (primary N) is 1. The summed E-state index contributed by atoms with van der Waals surface area (Å²) in [5.41, 5.74) is 6.44. The summed E-state index contributed by atoms with van der Waals surface area (Å²) >= 11 is 0. The van der Waals surface area contributed by atoms with Crippen LogP contribution in [0.25, 0.3) is 0 Å². The fraction of sp³-hybridized carbons (Fsp3) is 0.667. The molecule has 4 nitrogen and oxygen atoms in total. The van der Waals surface area contributed by atoms with Crippen molar-refractivity contribution < 1.29 is 4.74 Å². The summed E-state index contributed by atoms with van der Waals surface area (Å²) < 4.78 is 5.53. The molecule has 1 rings (SSSR count). The summed E-state index contributed by atoms with van der Waals surface area (Å²) in [6.45, 7) is 7.11. The van der Waals surface area contributed by atoms with Gasteiger partial charge in [-0.3, -0.25) is 0 Å².